The Morgan fingerprint density at radius 1 is 1.33 bits per heavy atom. The second-order valence-corrected chi connectivity index (χ2v) is 3.18. The standard InChI is InChI=1S/C10H18N4O/c1-15-8-3-2-7-12-9-5-4-6-10(13-9)14-11/h4-6H,2-3,7-8,11H2,1H3,(H2,12,13,14). The van der Waals surface area contributed by atoms with E-state index in [0.29, 0.717) is 5.82 Å². The van der Waals surface area contributed by atoms with Crippen molar-refractivity contribution in [2.45, 2.75) is 12.8 Å². The van der Waals surface area contributed by atoms with Crippen molar-refractivity contribution < 1.29 is 4.74 Å². The zero-order valence-electron chi connectivity index (χ0n) is 8.99. The molecule has 0 amide bonds. The molecule has 0 aromatic carbocycles. The molecular weight excluding hydrogens is 192 g/mol. The van der Waals surface area contributed by atoms with Crippen LogP contribution in [-0.2, 0) is 4.74 Å². The minimum Gasteiger partial charge on any atom is -0.385 e. The minimum atomic E-state index is 0.664. The van der Waals surface area contributed by atoms with Gasteiger partial charge in [-0.05, 0) is 25.0 Å². The van der Waals surface area contributed by atoms with Crippen molar-refractivity contribution in [2.24, 2.45) is 5.84 Å². The van der Waals surface area contributed by atoms with Crippen molar-refractivity contribution in [1.29, 1.82) is 0 Å². The van der Waals surface area contributed by atoms with Crippen molar-refractivity contribution in [3.05, 3.63) is 18.2 Å². The van der Waals surface area contributed by atoms with E-state index < -0.39 is 0 Å². The summed E-state index contributed by atoms with van der Waals surface area (Å²) in [7, 11) is 1.71. The lowest BCUT2D eigenvalue weighted by Gasteiger charge is -2.06. The number of pyridine rings is 1. The van der Waals surface area contributed by atoms with Gasteiger partial charge in [0.25, 0.3) is 0 Å². The Kier molecular flexibility index (Phi) is 5.50. The number of hydrazine groups is 1. The molecule has 1 heterocycles. The van der Waals surface area contributed by atoms with Gasteiger partial charge in [0.05, 0.1) is 0 Å². The van der Waals surface area contributed by atoms with E-state index in [4.69, 9.17) is 10.6 Å². The lowest BCUT2D eigenvalue weighted by molar-refractivity contribution is 0.194. The average molecular weight is 210 g/mol. The summed E-state index contributed by atoms with van der Waals surface area (Å²) in [4.78, 5) is 4.23. The van der Waals surface area contributed by atoms with Crippen LogP contribution in [0.2, 0.25) is 0 Å². The van der Waals surface area contributed by atoms with Crippen LogP contribution in [-0.4, -0.2) is 25.2 Å². The fourth-order valence-corrected chi connectivity index (χ4v) is 1.20. The number of ether oxygens (including phenoxy) is 1. The van der Waals surface area contributed by atoms with Crippen LogP contribution in [0.5, 0.6) is 0 Å². The quantitative estimate of drug-likeness (QED) is 0.358. The van der Waals surface area contributed by atoms with E-state index in [-0.39, 0.29) is 0 Å². The number of nitrogen functional groups attached to an aromatic ring is 1. The highest BCUT2D eigenvalue weighted by molar-refractivity contribution is 5.44. The Labute approximate surface area is 90.0 Å². The molecule has 0 saturated carbocycles. The van der Waals surface area contributed by atoms with Crippen molar-refractivity contribution >= 4 is 11.6 Å². The molecule has 1 aromatic heterocycles. The highest BCUT2D eigenvalue weighted by Gasteiger charge is 1.94. The summed E-state index contributed by atoms with van der Waals surface area (Å²) in [6.45, 7) is 1.70. The Morgan fingerprint density at radius 3 is 2.87 bits per heavy atom. The number of methoxy groups -OCH3 is 1. The summed E-state index contributed by atoms with van der Waals surface area (Å²) >= 11 is 0. The summed E-state index contributed by atoms with van der Waals surface area (Å²) in [5, 5.41) is 3.22. The minimum absolute atomic E-state index is 0.664. The van der Waals surface area contributed by atoms with Crippen LogP contribution in [0.15, 0.2) is 18.2 Å². The highest BCUT2D eigenvalue weighted by Crippen LogP contribution is 2.07. The van der Waals surface area contributed by atoms with Gasteiger partial charge >= 0.3 is 0 Å². The molecule has 5 nitrogen and oxygen atoms in total. The SMILES string of the molecule is COCCCCNc1cccc(NN)n1. The number of aromatic nitrogens is 1. The largest absolute Gasteiger partial charge is 0.385 e. The lowest BCUT2D eigenvalue weighted by atomic mass is 10.3. The molecule has 0 aliphatic rings. The van der Waals surface area contributed by atoms with E-state index >= 15 is 0 Å². The van der Waals surface area contributed by atoms with E-state index in [1.807, 2.05) is 18.2 Å². The van der Waals surface area contributed by atoms with Gasteiger partial charge in [-0.3, -0.25) is 0 Å². The van der Waals surface area contributed by atoms with E-state index in [9.17, 15) is 0 Å². The first-order valence-corrected chi connectivity index (χ1v) is 5.03. The molecule has 5 heteroatoms. The molecule has 15 heavy (non-hydrogen) atoms. The zero-order valence-corrected chi connectivity index (χ0v) is 8.99. The molecule has 0 fully saturated rings. The second-order valence-electron chi connectivity index (χ2n) is 3.18. The summed E-state index contributed by atoms with van der Waals surface area (Å²) in [6, 6.07) is 5.63. The first-order valence-electron chi connectivity index (χ1n) is 5.03. The first-order chi connectivity index (χ1) is 7.36. The summed E-state index contributed by atoms with van der Waals surface area (Å²) < 4.78 is 4.96. The molecule has 0 atom stereocenters. The van der Waals surface area contributed by atoms with Crippen molar-refractivity contribution in [2.75, 3.05) is 31.0 Å². The van der Waals surface area contributed by atoms with Gasteiger partial charge in [-0.25, -0.2) is 10.8 Å². The molecule has 0 saturated heterocycles. The molecule has 0 aliphatic heterocycles. The summed E-state index contributed by atoms with van der Waals surface area (Å²) in [5.41, 5.74) is 2.51. The Morgan fingerprint density at radius 2 is 2.13 bits per heavy atom. The zero-order chi connectivity index (χ0) is 10.9. The third-order valence-electron chi connectivity index (χ3n) is 1.98. The van der Waals surface area contributed by atoms with Gasteiger partial charge in [0.15, 0.2) is 0 Å². The monoisotopic (exact) mass is 210 g/mol. The van der Waals surface area contributed by atoms with Crippen LogP contribution in [0.1, 0.15) is 12.8 Å². The predicted molar refractivity (Wildman–Crippen MR) is 61.6 cm³/mol. The van der Waals surface area contributed by atoms with Gasteiger partial charge in [0, 0.05) is 20.3 Å². The molecular formula is C10H18N4O. The van der Waals surface area contributed by atoms with Crippen LogP contribution in [0.25, 0.3) is 0 Å². The smallest absolute Gasteiger partial charge is 0.142 e. The van der Waals surface area contributed by atoms with Gasteiger partial charge in [-0.15, -0.1) is 0 Å². The predicted octanol–water partition coefficient (Wildman–Crippen LogP) is 1.21. The molecule has 1 rings (SSSR count). The van der Waals surface area contributed by atoms with Crippen LogP contribution >= 0.6 is 0 Å². The Hall–Kier alpha value is -1.33. The van der Waals surface area contributed by atoms with Crippen molar-refractivity contribution in [1.82, 2.24) is 4.98 Å². The molecule has 84 valence electrons. The summed E-state index contributed by atoms with van der Waals surface area (Å²) in [6.07, 6.45) is 2.12. The van der Waals surface area contributed by atoms with Crippen LogP contribution in [0.4, 0.5) is 11.6 Å². The molecule has 0 bridgehead atoms. The van der Waals surface area contributed by atoms with Gasteiger partial charge < -0.3 is 15.5 Å². The second kappa shape index (κ2) is 7.03. The molecule has 0 radical (unpaired) electrons. The fraction of sp³-hybridized carbons (Fsp3) is 0.500. The van der Waals surface area contributed by atoms with Crippen molar-refractivity contribution in [3.63, 3.8) is 0 Å². The van der Waals surface area contributed by atoms with Gasteiger partial charge in [0.2, 0.25) is 0 Å². The number of nitrogens with one attached hydrogen (secondary N) is 2. The molecule has 1 aromatic rings. The summed E-state index contributed by atoms with van der Waals surface area (Å²) in [5.74, 6) is 6.76. The maximum Gasteiger partial charge on any atom is 0.142 e. The third kappa shape index (κ3) is 4.62. The van der Waals surface area contributed by atoms with E-state index in [1.54, 1.807) is 7.11 Å². The van der Waals surface area contributed by atoms with Gasteiger partial charge in [-0.2, -0.15) is 0 Å². The van der Waals surface area contributed by atoms with Crippen LogP contribution < -0.4 is 16.6 Å². The highest BCUT2D eigenvalue weighted by atomic mass is 16.5. The number of nitrogens with two attached hydrogens (primary N) is 1. The lowest BCUT2D eigenvalue weighted by Crippen LogP contribution is -2.10. The first kappa shape index (κ1) is 11.7. The van der Waals surface area contributed by atoms with E-state index in [0.717, 1.165) is 31.8 Å². The molecule has 0 aliphatic carbocycles. The fourth-order valence-electron chi connectivity index (χ4n) is 1.20. The average Bonchev–Trinajstić information content (AvgIpc) is 2.29. The molecule has 0 unspecified atom stereocenters. The van der Waals surface area contributed by atoms with E-state index in [1.165, 1.54) is 0 Å². The number of hydrogen-bond donors (Lipinski definition) is 3. The number of hydrogen-bond acceptors (Lipinski definition) is 5. The molecule has 4 N–H and O–H groups in total. The number of nitrogens with zero attached hydrogens (tertiary/aromatic N) is 1. The Bertz CT molecular complexity index is 280. The van der Waals surface area contributed by atoms with Crippen molar-refractivity contribution in [3.8, 4) is 0 Å². The maximum absolute atomic E-state index is 5.26. The van der Waals surface area contributed by atoms with E-state index in [2.05, 4.69) is 15.7 Å². The molecule has 0 spiro atoms. The third-order valence-corrected chi connectivity index (χ3v) is 1.98. The van der Waals surface area contributed by atoms with Crippen LogP contribution in [0, 0.1) is 0 Å². The topological polar surface area (TPSA) is 72.2 Å². The Balaban J connectivity index is 2.24. The van der Waals surface area contributed by atoms with Gasteiger partial charge in [0.1, 0.15) is 11.6 Å². The van der Waals surface area contributed by atoms with Gasteiger partial charge in [-0.1, -0.05) is 6.07 Å². The number of anilines is 2. The van der Waals surface area contributed by atoms with Crippen LogP contribution in [0.3, 0.4) is 0 Å². The maximum atomic E-state index is 5.26. The normalized spacial score (nSPS) is 10.0. The number of rotatable bonds is 7. The number of unbranched alkanes of at least 4 members (excludes halogenated alkanes) is 1.